The van der Waals surface area contributed by atoms with Gasteiger partial charge in [-0.3, -0.25) is 0 Å². The van der Waals surface area contributed by atoms with Crippen LogP contribution in [0.1, 0.15) is 18.7 Å². The van der Waals surface area contributed by atoms with Gasteiger partial charge in [-0.15, -0.1) is 0 Å². The smallest absolute Gasteiger partial charge is 0.134 e. The van der Waals surface area contributed by atoms with Crippen LogP contribution in [0, 0.1) is 6.92 Å². The molecule has 1 atom stereocenters. The van der Waals surface area contributed by atoms with E-state index in [1.54, 1.807) is 6.07 Å². The van der Waals surface area contributed by atoms with Gasteiger partial charge in [0, 0.05) is 12.7 Å². The second-order valence-corrected chi connectivity index (χ2v) is 4.07. The van der Waals surface area contributed by atoms with Crippen molar-refractivity contribution in [3.05, 3.63) is 17.0 Å². The summed E-state index contributed by atoms with van der Waals surface area (Å²) in [7, 11) is 0. The Bertz CT molecular complexity index is 319. The van der Waals surface area contributed by atoms with E-state index >= 15 is 0 Å². The zero-order valence-electron chi connectivity index (χ0n) is 8.66. The van der Waals surface area contributed by atoms with Crippen LogP contribution in [0.2, 0.25) is 5.15 Å². The second kappa shape index (κ2) is 4.77. The number of hydrogen-bond donors (Lipinski definition) is 1. The first-order valence-corrected chi connectivity index (χ1v) is 5.47. The van der Waals surface area contributed by atoms with E-state index in [9.17, 15) is 0 Å². The van der Waals surface area contributed by atoms with Crippen molar-refractivity contribution in [1.82, 2.24) is 9.97 Å². The minimum Gasteiger partial charge on any atom is -0.379 e. The highest BCUT2D eigenvalue weighted by Crippen LogP contribution is 2.15. The van der Waals surface area contributed by atoms with Crippen molar-refractivity contribution in [2.75, 3.05) is 18.5 Å². The zero-order valence-corrected chi connectivity index (χ0v) is 9.42. The third kappa shape index (κ3) is 3.04. The Morgan fingerprint density at radius 3 is 3.07 bits per heavy atom. The van der Waals surface area contributed by atoms with Crippen molar-refractivity contribution in [2.45, 2.75) is 25.8 Å². The fourth-order valence-corrected chi connectivity index (χ4v) is 1.89. The lowest BCUT2D eigenvalue weighted by Gasteiger charge is -2.23. The lowest BCUT2D eigenvalue weighted by Crippen LogP contribution is -2.30. The summed E-state index contributed by atoms with van der Waals surface area (Å²) in [5.41, 5.74) is 0. The molecule has 1 aromatic rings. The molecule has 1 aromatic heterocycles. The number of aromatic nitrogens is 2. The summed E-state index contributed by atoms with van der Waals surface area (Å²) in [5.74, 6) is 1.46. The van der Waals surface area contributed by atoms with Crippen LogP contribution in [0.5, 0.6) is 0 Å². The van der Waals surface area contributed by atoms with Gasteiger partial charge in [0.05, 0.1) is 12.6 Å². The van der Waals surface area contributed by atoms with Crippen molar-refractivity contribution in [3.8, 4) is 0 Å². The third-order valence-electron chi connectivity index (χ3n) is 2.32. The van der Waals surface area contributed by atoms with E-state index in [1.807, 2.05) is 6.92 Å². The van der Waals surface area contributed by atoms with Gasteiger partial charge in [0.15, 0.2) is 0 Å². The first-order valence-electron chi connectivity index (χ1n) is 5.09. The molecule has 1 N–H and O–H groups in total. The molecule has 2 rings (SSSR count). The van der Waals surface area contributed by atoms with Gasteiger partial charge in [0.25, 0.3) is 0 Å². The van der Waals surface area contributed by atoms with Gasteiger partial charge in [-0.1, -0.05) is 11.6 Å². The molecule has 0 aromatic carbocycles. The summed E-state index contributed by atoms with van der Waals surface area (Å²) >= 11 is 5.85. The van der Waals surface area contributed by atoms with Gasteiger partial charge in [-0.2, -0.15) is 0 Å². The number of nitrogens with one attached hydrogen (secondary N) is 1. The van der Waals surface area contributed by atoms with Crippen molar-refractivity contribution >= 4 is 17.4 Å². The minimum atomic E-state index is 0.337. The quantitative estimate of drug-likeness (QED) is 0.786. The Labute approximate surface area is 94.0 Å². The molecule has 1 fully saturated rings. The van der Waals surface area contributed by atoms with Crippen molar-refractivity contribution in [3.63, 3.8) is 0 Å². The number of aryl methyl sites for hydroxylation is 1. The number of hydrogen-bond acceptors (Lipinski definition) is 4. The van der Waals surface area contributed by atoms with E-state index in [1.165, 1.54) is 0 Å². The number of ether oxygens (including phenoxy) is 1. The maximum absolute atomic E-state index is 5.85. The summed E-state index contributed by atoms with van der Waals surface area (Å²) in [6, 6.07) is 2.08. The minimum absolute atomic E-state index is 0.337. The van der Waals surface area contributed by atoms with Gasteiger partial charge >= 0.3 is 0 Å². The van der Waals surface area contributed by atoms with Crippen molar-refractivity contribution < 1.29 is 4.74 Å². The molecular formula is C10H14ClN3O. The van der Waals surface area contributed by atoms with E-state index < -0.39 is 0 Å². The highest BCUT2D eigenvalue weighted by molar-refractivity contribution is 6.29. The molecule has 1 aliphatic heterocycles. The summed E-state index contributed by atoms with van der Waals surface area (Å²) in [6.45, 7) is 3.43. The average Bonchev–Trinajstić information content (AvgIpc) is 2.17. The number of anilines is 1. The summed E-state index contributed by atoms with van der Waals surface area (Å²) in [4.78, 5) is 8.28. The van der Waals surface area contributed by atoms with E-state index in [2.05, 4.69) is 15.3 Å². The molecule has 0 aliphatic carbocycles. The Kier molecular flexibility index (Phi) is 3.38. The summed E-state index contributed by atoms with van der Waals surface area (Å²) < 4.78 is 5.38. The largest absolute Gasteiger partial charge is 0.379 e. The first kappa shape index (κ1) is 10.6. The van der Waals surface area contributed by atoms with Gasteiger partial charge in [0.1, 0.15) is 16.8 Å². The zero-order chi connectivity index (χ0) is 10.7. The Morgan fingerprint density at radius 2 is 2.40 bits per heavy atom. The second-order valence-electron chi connectivity index (χ2n) is 3.68. The molecule has 15 heavy (non-hydrogen) atoms. The summed E-state index contributed by atoms with van der Waals surface area (Å²) in [6.07, 6.45) is 2.20. The molecule has 82 valence electrons. The van der Waals surface area contributed by atoms with Crippen LogP contribution in [0.15, 0.2) is 6.07 Å². The molecule has 0 spiro atoms. The van der Waals surface area contributed by atoms with Crippen LogP contribution in [-0.2, 0) is 4.74 Å². The monoisotopic (exact) mass is 227 g/mol. The average molecular weight is 228 g/mol. The molecule has 1 unspecified atom stereocenters. The maximum atomic E-state index is 5.85. The number of nitrogens with zero attached hydrogens (tertiary/aromatic N) is 2. The highest BCUT2D eigenvalue weighted by atomic mass is 35.5. The third-order valence-corrected chi connectivity index (χ3v) is 2.51. The van der Waals surface area contributed by atoms with E-state index in [-0.39, 0.29) is 0 Å². The first-order chi connectivity index (χ1) is 7.24. The van der Waals surface area contributed by atoms with E-state index in [4.69, 9.17) is 16.3 Å². The molecule has 0 bridgehead atoms. The highest BCUT2D eigenvalue weighted by Gasteiger charge is 2.14. The number of rotatable bonds is 2. The van der Waals surface area contributed by atoms with Gasteiger partial charge in [-0.25, -0.2) is 9.97 Å². The predicted octanol–water partition coefficient (Wildman–Crippen LogP) is 2.03. The predicted molar refractivity (Wildman–Crippen MR) is 59.2 cm³/mol. The lowest BCUT2D eigenvalue weighted by molar-refractivity contribution is 0.0875. The Hall–Kier alpha value is -0.870. The van der Waals surface area contributed by atoms with E-state index in [0.29, 0.717) is 17.0 Å². The maximum Gasteiger partial charge on any atom is 0.134 e. The molecule has 0 saturated carbocycles. The molecular weight excluding hydrogens is 214 g/mol. The molecule has 2 heterocycles. The SMILES string of the molecule is Cc1nc(Cl)cc(NC2CCCOC2)n1. The van der Waals surface area contributed by atoms with Crippen LogP contribution in [-0.4, -0.2) is 29.2 Å². The molecule has 5 heteroatoms. The lowest BCUT2D eigenvalue weighted by atomic mass is 10.1. The summed E-state index contributed by atoms with van der Waals surface area (Å²) in [5, 5.41) is 3.78. The Balaban J connectivity index is 2.02. The standard InChI is InChI=1S/C10H14ClN3O/c1-7-12-9(11)5-10(13-7)14-8-3-2-4-15-6-8/h5,8H,2-4,6H2,1H3,(H,12,13,14). The van der Waals surface area contributed by atoms with Crippen molar-refractivity contribution in [1.29, 1.82) is 0 Å². The molecule has 0 radical (unpaired) electrons. The normalized spacial score (nSPS) is 21.3. The van der Waals surface area contributed by atoms with Crippen molar-refractivity contribution in [2.24, 2.45) is 0 Å². The Morgan fingerprint density at radius 1 is 1.53 bits per heavy atom. The molecule has 1 saturated heterocycles. The van der Waals surface area contributed by atoms with E-state index in [0.717, 1.165) is 31.9 Å². The molecule has 4 nitrogen and oxygen atoms in total. The molecule has 1 aliphatic rings. The van der Waals surface area contributed by atoms with Crippen LogP contribution < -0.4 is 5.32 Å². The fourth-order valence-electron chi connectivity index (χ4n) is 1.67. The van der Waals surface area contributed by atoms with Gasteiger partial charge < -0.3 is 10.1 Å². The topological polar surface area (TPSA) is 47.0 Å². The van der Waals surface area contributed by atoms with Crippen LogP contribution in [0.4, 0.5) is 5.82 Å². The fraction of sp³-hybridized carbons (Fsp3) is 0.600. The van der Waals surface area contributed by atoms with Crippen LogP contribution >= 0.6 is 11.6 Å². The molecule has 0 amide bonds. The van der Waals surface area contributed by atoms with Crippen LogP contribution in [0.3, 0.4) is 0 Å². The van der Waals surface area contributed by atoms with Gasteiger partial charge in [-0.05, 0) is 19.8 Å². The van der Waals surface area contributed by atoms with Crippen LogP contribution in [0.25, 0.3) is 0 Å². The van der Waals surface area contributed by atoms with Gasteiger partial charge in [0.2, 0.25) is 0 Å². The number of halogens is 1.